The Kier molecular flexibility index (Phi) is 11.3. The number of hydrogen-bond acceptors (Lipinski definition) is 10. The van der Waals surface area contributed by atoms with Crippen molar-refractivity contribution in [2.24, 2.45) is 0 Å². The van der Waals surface area contributed by atoms with Gasteiger partial charge in [0.2, 0.25) is 0 Å². The zero-order chi connectivity index (χ0) is 30.4. The summed E-state index contributed by atoms with van der Waals surface area (Å²) in [5.74, 6) is -0.507. The molecule has 3 aromatic carbocycles. The lowest BCUT2D eigenvalue weighted by molar-refractivity contribution is -0.00551. The van der Waals surface area contributed by atoms with E-state index in [0.29, 0.717) is 68.0 Å². The van der Waals surface area contributed by atoms with E-state index in [1.165, 1.54) is 0 Å². The fourth-order valence-corrected chi connectivity index (χ4v) is 4.20. The summed E-state index contributed by atoms with van der Waals surface area (Å²) in [6, 6.07) is 24.7. The molecule has 5 rings (SSSR count). The predicted molar refractivity (Wildman–Crippen MR) is 162 cm³/mol. The number of esters is 1. The smallest absolute Gasteiger partial charge is 0.338 e. The highest BCUT2D eigenvalue weighted by Crippen LogP contribution is 2.23. The van der Waals surface area contributed by atoms with Gasteiger partial charge in [0.05, 0.1) is 75.6 Å². The molecule has 0 spiro atoms. The highest BCUT2D eigenvalue weighted by atomic mass is 16.6. The number of aromatic nitrogens is 6. The number of rotatable bonds is 17. The van der Waals surface area contributed by atoms with Crippen molar-refractivity contribution in [1.82, 2.24) is 30.0 Å². The molecular formula is C32H34N6O6. The summed E-state index contributed by atoms with van der Waals surface area (Å²) < 4.78 is 30.0. The van der Waals surface area contributed by atoms with E-state index in [1.807, 2.05) is 79.1 Å². The molecule has 12 nitrogen and oxygen atoms in total. The van der Waals surface area contributed by atoms with Gasteiger partial charge in [-0.1, -0.05) is 71.1 Å². The fraction of sp³-hybridized carbons (Fsp3) is 0.281. The average molecular weight is 599 g/mol. The van der Waals surface area contributed by atoms with Gasteiger partial charge in [-0.05, 0) is 18.2 Å². The summed E-state index contributed by atoms with van der Waals surface area (Å²) in [5, 5.41) is 17.3. The first-order chi connectivity index (χ1) is 21.7. The van der Waals surface area contributed by atoms with E-state index in [4.69, 9.17) is 23.7 Å². The van der Waals surface area contributed by atoms with Gasteiger partial charge in [0.25, 0.3) is 0 Å². The third-order valence-electron chi connectivity index (χ3n) is 6.43. The lowest BCUT2D eigenvalue weighted by Gasteiger charge is -2.10. The van der Waals surface area contributed by atoms with Gasteiger partial charge in [-0.15, -0.1) is 10.2 Å². The van der Waals surface area contributed by atoms with Gasteiger partial charge in [0, 0.05) is 18.2 Å². The second-order valence-electron chi connectivity index (χ2n) is 9.53. The van der Waals surface area contributed by atoms with Crippen LogP contribution in [0.3, 0.4) is 0 Å². The van der Waals surface area contributed by atoms with Gasteiger partial charge in [0.1, 0.15) is 18.0 Å². The Morgan fingerprint density at radius 1 is 0.614 bits per heavy atom. The molecule has 12 heteroatoms. The molecule has 0 amide bonds. The Labute approximate surface area is 255 Å². The van der Waals surface area contributed by atoms with Crippen LogP contribution in [0.25, 0.3) is 33.9 Å². The SMILES string of the molecule is COCCOCCOCCOCCOC(=O)c1cc(-n2cc(-c3ccccc3)nn2)cc(-n2cc(-c3ccccc3)nn2)c1. The molecule has 44 heavy (non-hydrogen) atoms. The zero-order valence-corrected chi connectivity index (χ0v) is 24.4. The lowest BCUT2D eigenvalue weighted by Crippen LogP contribution is -2.15. The van der Waals surface area contributed by atoms with Crippen LogP contribution in [0.15, 0.2) is 91.3 Å². The van der Waals surface area contributed by atoms with Crippen LogP contribution in [0.4, 0.5) is 0 Å². The molecule has 0 aliphatic heterocycles. The van der Waals surface area contributed by atoms with Crippen molar-refractivity contribution in [2.45, 2.75) is 0 Å². The summed E-state index contributed by atoms with van der Waals surface area (Å²) >= 11 is 0. The number of benzene rings is 3. The Morgan fingerprint density at radius 2 is 1.07 bits per heavy atom. The number of nitrogens with zero attached hydrogens (tertiary/aromatic N) is 6. The minimum atomic E-state index is -0.507. The largest absolute Gasteiger partial charge is 0.460 e. The molecule has 0 unspecified atom stereocenters. The molecule has 228 valence electrons. The topological polar surface area (TPSA) is 125 Å². The standard InChI is InChI=1S/C32H34N6O6/c1-40-12-13-41-14-15-42-16-17-43-18-19-44-32(39)27-20-28(37-23-30(33-35-37)25-8-4-2-5-9-25)22-29(21-27)38-24-31(34-36-38)26-10-6-3-7-11-26/h2-11,20-24H,12-19H2,1H3. The average Bonchev–Trinajstić information content (AvgIpc) is 3.77. The number of hydrogen-bond donors (Lipinski definition) is 0. The molecule has 0 fully saturated rings. The van der Waals surface area contributed by atoms with E-state index in [0.717, 1.165) is 11.1 Å². The van der Waals surface area contributed by atoms with Gasteiger partial charge < -0.3 is 23.7 Å². The van der Waals surface area contributed by atoms with E-state index in [9.17, 15) is 4.79 Å². The van der Waals surface area contributed by atoms with E-state index in [2.05, 4.69) is 20.6 Å². The summed E-state index contributed by atoms with van der Waals surface area (Å²) in [6.07, 6.45) is 3.61. The Hall–Kier alpha value is -4.75. The number of methoxy groups -OCH3 is 1. The number of carbonyl (C=O) groups is 1. The van der Waals surface area contributed by atoms with Gasteiger partial charge in [-0.25, -0.2) is 14.2 Å². The van der Waals surface area contributed by atoms with Crippen LogP contribution in [0.2, 0.25) is 0 Å². The van der Waals surface area contributed by atoms with Crippen LogP contribution in [0, 0.1) is 0 Å². The second-order valence-corrected chi connectivity index (χ2v) is 9.53. The van der Waals surface area contributed by atoms with Crippen LogP contribution in [-0.4, -0.2) is 95.9 Å². The molecule has 0 N–H and O–H groups in total. The normalized spacial score (nSPS) is 11.1. The Morgan fingerprint density at radius 3 is 1.55 bits per heavy atom. The van der Waals surface area contributed by atoms with Crippen LogP contribution in [0.5, 0.6) is 0 Å². The van der Waals surface area contributed by atoms with Crippen LogP contribution in [0.1, 0.15) is 10.4 Å². The fourth-order valence-electron chi connectivity index (χ4n) is 4.20. The van der Waals surface area contributed by atoms with Crippen LogP contribution in [-0.2, 0) is 23.7 Å². The highest BCUT2D eigenvalue weighted by Gasteiger charge is 2.15. The maximum absolute atomic E-state index is 13.1. The first-order valence-corrected chi connectivity index (χ1v) is 14.2. The number of ether oxygens (including phenoxy) is 5. The Bertz CT molecular complexity index is 1500. The quantitative estimate of drug-likeness (QED) is 0.114. The molecule has 0 saturated heterocycles. The third-order valence-corrected chi connectivity index (χ3v) is 6.43. The van der Waals surface area contributed by atoms with Crippen molar-refractivity contribution in [3.05, 3.63) is 96.8 Å². The van der Waals surface area contributed by atoms with E-state index < -0.39 is 5.97 Å². The Balaban J connectivity index is 1.24. The summed E-state index contributed by atoms with van der Waals surface area (Å²) in [7, 11) is 1.63. The molecule has 0 aliphatic rings. The molecular weight excluding hydrogens is 564 g/mol. The molecule has 0 bridgehead atoms. The molecule has 0 saturated carbocycles. The maximum Gasteiger partial charge on any atom is 0.338 e. The summed E-state index contributed by atoms with van der Waals surface area (Å²) in [6.45, 7) is 3.16. The minimum Gasteiger partial charge on any atom is -0.460 e. The highest BCUT2D eigenvalue weighted by molar-refractivity contribution is 5.91. The summed E-state index contributed by atoms with van der Waals surface area (Å²) in [4.78, 5) is 13.1. The van der Waals surface area contributed by atoms with Gasteiger partial charge in [-0.2, -0.15) is 0 Å². The maximum atomic E-state index is 13.1. The van der Waals surface area contributed by atoms with Crippen molar-refractivity contribution < 1.29 is 28.5 Å². The van der Waals surface area contributed by atoms with Crippen LogP contribution < -0.4 is 0 Å². The van der Waals surface area contributed by atoms with Crippen molar-refractivity contribution in [3.8, 4) is 33.9 Å². The third kappa shape index (κ3) is 8.64. The second kappa shape index (κ2) is 16.2. The van der Waals surface area contributed by atoms with Crippen molar-refractivity contribution in [2.75, 3.05) is 60.0 Å². The number of carbonyl (C=O) groups excluding carboxylic acids is 1. The molecule has 2 aromatic heterocycles. The van der Waals surface area contributed by atoms with E-state index in [-0.39, 0.29) is 13.2 Å². The first-order valence-electron chi connectivity index (χ1n) is 14.2. The van der Waals surface area contributed by atoms with Gasteiger partial charge >= 0.3 is 5.97 Å². The molecule has 0 radical (unpaired) electrons. The van der Waals surface area contributed by atoms with Crippen molar-refractivity contribution in [3.63, 3.8) is 0 Å². The van der Waals surface area contributed by atoms with Gasteiger partial charge in [0.15, 0.2) is 0 Å². The monoisotopic (exact) mass is 598 g/mol. The van der Waals surface area contributed by atoms with E-state index in [1.54, 1.807) is 28.6 Å². The minimum absolute atomic E-state index is 0.0848. The molecule has 2 heterocycles. The summed E-state index contributed by atoms with van der Waals surface area (Å²) in [5.41, 5.74) is 4.81. The molecule has 5 aromatic rings. The van der Waals surface area contributed by atoms with E-state index >= 15 is 0 Å². The van der Waals surface area contributed by atoms with Gasteiger partial charge in [-0.3, -0.25) is 0 Å². The first kappa shape index (κ1) is 30.7. The zero-order valence-electron chi connectivity index (χ0n) is 24.4. The molecule has 0 aliphatic carbocycles. The lowest BCUT2D eigenvalue weighted by atomic mass is 10.1. The molecule has 0 atom stereocenters. The van der Waals surface area contributed by atoms with Crippen molar-refractivity contribution >= 4 is 5.97 Å². The van der Waals surface area contributed by atoms with Crippen LogP contribution >= 0.6 is 0 Å². The predicted octanol–water partition coefficient (Wildman–Crippen LogP) is 4.04. The van der Waals surface area contributed by atoms with Crippen molar-refractivity contribution in [1.29, 1.82) is 0 Å².